The molecule has 212 valence electrons. The van der Waals surface area contributed by atoms with E-state index >= 15 is 0 Å². The average Bonchev–Trinajstić information content (AvgIpc) is 3.27. The highest BCUT2D eigenvalue weighted by molar-refractivity contribution is 6.30. The van der Waals surface area contributed by atoms with E-state index in [4.69, 9.17) is 21.3 Å². The third-order valence-electron chi connectivity index (χ3n) is 7.72. The van der Waals surface area contributed by atoms with Crippen molar-refractivity contribution in [3.63, 3.8) is 0 Å². The molecule has 2 aliphatic heterocycles. The van der Waals surface area contributed by atoms with Gasteiger partial charge in [-0.05, 0) is 66.9 Å². The van der Waals surface area contributed by atoms with Gasteiger partial charge in [0.2, 0.25) is 0 Å². The number of benzene rings is 3. The Hall–Kier alpha value is -3.79. The predicted octanol–water partition coefficient (Wildman–Crippen LogP) is 6.36. The summed E-state index contributed by atoms with van der Waals surface area (Å²) in [4.78, 5) is 18.6. The number of nitrogens with one attached hydrogen (secondary N) is 1. The second kappa shape index (κ2) is 11.6. The molecular formula is C31H29ClF2N4O3. The molecule has 10 heteroatoms. The van der Waals surface area contributed by atoms with Crippen LogP contribution in [-0.4, -0.2) is 51.3 Å². The Labute approximate surface area is 241 Å². The summed E-state index contributed by atoms with van der Waals surface area (Å²) < 4.78 is 36.8. The predicted molar refractivity (Wildman–Crippen MR) is 154 cm³/mol. The Balaban J connectivity index is 1.17. The van der Waals surface area contributed by atoms with Gasteiger partial charge in [-0.2, -0.15) is 0 Å². The number of halogens is 3. The van der Waals surface area contributed by atoms with Gasteiger partial charge in [-0.25, -0.2) is 18.6 Å². The van der Waals surface area contributed by atoms with Gasteiger partial charge in [-0.15, -0.1) is 0 Å². The molecule has 7 nitrogen and oxygen atoms in total. The minimum Gasteiger partial charge on any atom is -0.478 e. The molecule has 3 heterocycles. The normalized spacial score (nSPS) is 17.3. The second-order valence-electron chi connectivity index (χ2n) is 10.4. The van der Waals surface area contributed by atoms with Crippen LogP contribution in [0.5, 0.6) is 0 Å². The zero-order valence-electron chi connectivity index (χ0n) is 22.2. The van der Waals surface area contributed by atoms with Crippen LogP contribution in [-0.2, 0) is 24.4 Å². The largest absolute Gasteiger partial charge is 0.478 e. The van der Waals surface area contributed by atoms with Crippen LogP contribution in [0.3, 0.4) is 0 Å². The Bertz CT molecular complexity index is 1650. The summed E-state index contributed by atoms with van der Waals surface area (Å²) in [5.74, 6) is -0.817. The Morgan fingerprint density at radius 1 is 1.12 bits per heavy atom. The first-order chi connectivity index (χ1) is 19.8. The van der Waals surface area contributed by atoms with Crippen molar-refractivity contribution >= 4 is 39.9 Å². The van der Waals surface area contributed by atoms with Crippen LogP contribution in [0.4, 0.5) is 14.5 Å². The maximum atomic E-state index is 14.9. The van der Waals surface area contributed by atoms with Crippen LogP contribution in [0.15, 0.2) is 60.7 Å². The van der Waals surface area contributed by atoms with Crippen molar-refractivity contribution in [2.24, 2.45) is 0 Å². The smallest absolute Gasteiger partial charge is 0.335 e. The van der Waals surface area contributed by atoms with Crippen molar-refractivity contribution in [2.75, 3.05) is 25.0 Å². The molecule has 2 N–H and O–H groups in total. The van der Waals surface area contributed by atoms with Gasteiger partial charge < -0.3 is 19.7 Å². The third-order valence-corrected chi connectivity index (χ3v) is 7.96. The summed E-state index contributed by atoms with van der Waals surface area (Å²) >= 11 is 5.84. The molecule has 0 aliphatic carbocycles. The number of rotatable bonds is 9. The van der Waals surface area contributed by atoms with Gasteiger partial charge in [0, 0.05) is 48.1 Å². The lowest BCUT2D eigenvalue weighted by Gasteiger charge is -2.29. The fourth-order valence-corrected chi connectivity index (χ4v) is 5.46. The maximum Gasteiger partial charge on any atom is 0.335 e. The molecule has 1 atom stereocenters. The van der Waals surface area contributed by atoms with Gasteiger partial charge in [0.15, 0.2) is 0 Å². The molecule has 0 radical (unpaired) electrons. The van der Waals surface area contributed by atoms with Gasteiger partial charge in [-0.1, -0.05) is 23.7 Å². The number of aromatic nitrogens is 2. The average molecular weight is 579 g/mol. The fraction of sp³-hybridized carbons (Fsp3) is 0.290. The van der Waals surface area contributed by atoms with E-state index < -0.39 is 11.8 Å². The van der Waals surface area contributed by atoms with Crippen molar-refractivity contribution < 1.29 is 23.4 Å². The number of nitrogens with zero attached hydrogens (tertiary/aromatic N) is 3. The van der Waals surface area contributed by atoms with Crippen LogP contribution in [0, 0.1) is 11.6 Å². The van der Waals surface area contributed by atoms with Gasteiger partial charge in [0.05, 0.1) is 35.8 Å². The summed E-state index contributed by atoms with van der Waals surface area (Å²) in [5, 5.41) is 13.0. The number of hydrogen-bond donors (Lipinski definition) is 2. The molecule has 0 amide bonds. The zero-order valence-corrected chi connectivity index (χ0v) is 23.0. The zero-order chi connectivity index (χ0) is 28.5. The van der Waals surface area contributed by atoms with Crippen molar-refractivity contribution in [2.45, 2.75) is 38.6 Å². The van der Waals surface area contributed by atoms with E-state index in [0.29, 0.717) is 54.4 Å². The summed E-state index contributed by atoms with van der Waals surface area (Å²) in [6.45, 7) is 3.51. The number of hydrogen-bond acceptors (Lipinski definition) is 5. The van der Waals surface area contributed by atoms with Gasteiger partial charge in [0.1, 0.15) is 17.5 Å². The van der Waals surface area contributed by atoms with Crippen molar-refractivity contribution in [3.05, 3.63) is 99.8 Å². The lowest BCUT2D eigenvalue weighted by atomic mass is 9.98. The molecule has 1 unspecified atom stereocenters. The number of carbonyl (C=O) groups is 1. The minimum atomic E-state index is -0.974. The standard InChI is InChI=1S/C31H29ClF2N4O3/c32-22-3-1-21(27(34)14-22)16-35-23-4-5-26(33)25(15-23)19-7-10-37(11-8-19)18-30-36-28-6-2-20(31(39)40)13-29(28)38(30)17-24-9-12-41-24/h1-7,13-15,24,35H,8-12,16-18H2,(H,39,40). The van der Waals surface area contributed by atoms with E-state index in [1.807, 2.05) is 6.08 Å². The Morgan fingerprint density at radius 2 is 1.98 bits per heavy atom. The summed E-state index contributed by atoms with van der Waals surface area (Å²) in [6.07, 6.45) is 3.74. The van der Waals surface area contributed by atoms with Crippen LogP contribution >= 0.6 is 11.6 Å². The number of anilines is 1. The highest BCUT2D eigenvalue weighted by Gasteiger charge is 2.24. The summed E-state index contributed by atoms with van der Waals surface area (Å²) in [7, 11) is 0. The second-order valence-corrected chi connectivity index (χ2v) is 10.9. The number of carboxylic acids is 1. The Kier molecular flexibility index (Phi) is 7.75. The molecule has 41 heavy (non-hydrogen) atoms. The molecule has 0 saturated carbocycles. The maximum absolute atomic E-state index is 14.9. The van der Waals surface area contributed by atoms with Crippen molar-refractivity contribution in [1.82, 2.24) is 14.5 Å². The molecule has 4 aromatic rings. The first kappa shape index (κ1) is 27.4. The van der Waals surface area contributed by atoms with E-state index in [1.165, 1.54) is 12.1 Å². The molecule has 0 bridgehead atoms. The molecule has 2 aliphatic rings. The number of carboxylic acid groups (broad SMARTS) is 1. The highest BCUT2D eigenvalue weighted by Crippen LogP contribution is 2.29. The number of fused-ring (bicyclic) bond motifs is 1. The molecule has 6 rings (SSSR count). The van der Waals surface area contributed by atoms with E-state index in [2.05, 4.69) is 14.8 Å². The monoisotopic (exact) mass is 578 g/mol. The number of ether oxygens (including phenoxy) is 1. The summed E-state index contributed by atoms with van der Waals surface area (Å²) in [5.41, 5.74) is 4.39. The van der Waals surface area contributed by atoms with Crippen molar-refractivity contribution in [1.29, 1.82) is 0 Å². The lowest BCUT2D eigenvalue weighted by Crippen LogP contribution is -2.33. The molecule has 1 fully saturated rings. The van der Waals surface area contributed by atoms with Gasteiger partial charge >= 0.3 is 5.97 Å². The molecule has 1 aromatic heterocycles. The first-order valence-corrected chi connectivity index (χ1v) is 13.9. The van der Waals surface area contributed by atoms with E-state index in [1.54, 1.807) is 42.5 Å². The topological polar surface area (TPSA) is 79.6 Å². The number of imidazole rings is 1. The highest BCUT2D eigenvalue weighted by atomic mass is 35.5. The molecule has 0 spiro atoms. The lowest BCUT2D eigenvalue weighted by molar-refractivity contribution is -0.0591. The van der Waals surface area contributed by atoms with E-state index in [9.17, 15) is 18.7 Å². The Morgan fingerprint density at radius 3 is 2.68 bits per heavy atom. The number of aromatic carboxylic acids is 1. The molecule has 3 aromatic carbocycles. The molecular weight excluding hydrogens is 550 g/mol. The quantitative estimate of drug-likeness (QED) is 0.241. The van der Waals surface area contributed by atoms with Crippen LogP contribution in [0.2, 0.25) is 5.02 Å². The van der Waals surface area contributed by atoms with E-state index in [0.717, 1.165) is 35.5 Å². The van der Waals surface area contributed by atoms with Crippen LogP contribution < -0.4 is 5.32 Å². The van der Waals surface area contributed by atoms with Crippen LogP contribution in [0.25, 0.3) is 16.6 Å². The van der Waals surface area contributed by atoms with Crippen molar-refractivity contribution in [3.8, 4) is 0 Å². The SMILES string of the molecule is O=C(O)c1ccc2nc(CN3CC=C(c4cc(NCc5ccc(Cl)cc5F)ccc4F)CC3)n(CC3CCO3)c2c1. The van der Waals surface area contributed by atoms with Gasteiger partial charge in [-0.3, -0.25) is 4.90 Å². The van der Waals surface area contributed by atoms with E-state index in [-0.39, 0.29) is 24.0 Å². The van der Waals surface area contributed by atoms with Gasteiger partial charge in [0.25, 0.3) is 0 Å². The summed E-state index contributed by atoms with van der Waals surface area (Å²) in [6, 6.07) is 14.4. The molecule has 1 saturated heterocycles. The fourth-order valence-electron chi connectivity index (χ4n) is 5.31. The first-order valence-electron chi connectivity index (χ1n) is 13.6. The minimum absolute atomic E-state index is 0.0903. The van der Waals surface area contributed by atoms with Crippen LogP contribution in [0.1, 0.15) is 40.2 Å². The third kappa shape index (κ3) is 5.98.